The quantitative estimate of drug-likeness (QED) is 0.681. The Labute approximate surface area is 133 Å². The van der Waals surface area contributed by atoms with E-state index in [4.69, 9.17) is 12.2 Å². The first-order chi connectivity index (χ1) is 10.5. The Morgan fingerprint density at radius 1 is 1.45 bits per heavy atom. The van der Waals surface area contributed by atoms with E-state index in [0.717, 1.165) is 17.9 Å². The normalized spacial score (nSPS) is 16.7. The molecule has 1 N–H and O–H groups in total. The van der Waals surface area contributed by atoms with Crippen LogP contribution in [0.2, 0.25) is 0 Å². The van der Waals surface area contributed by atoms with Gasteiger partial charge in [0.25, 0.3) is 5.91 Å². The SMILES string of the molecule is CCn1nccc1/C=C1/NC(=S)N(c2cn(C)nc2C)C1=O. The van der Waals surface area contributed by atoms with E-state index in [2.05, 4.69) is 15.5 Å². The van der Waals surface area contributed by atoms with E-state index in [1.54, 1.807) is 23.2 Å². The molecule has 1 amide bonds. The van der Waals surface area contributed by atoms with Crippen LogP contribution in [0.25, 0.3) is 6.08 Å². The molecule has 1 fully saturated rings. The summed E-state index contributed by atoms with van der Waals surface area (Å²) in [4.78, 5) is 14.1. The van der Waals surface area contributed by atoms with Gasteiger partial charge < -0.3 is 5.32 Å². The summed E-state index contributed by atoms with van der Waals surface area (Å²) < 4.78 is 3.47. The molecule has 0 atom stereocenters. The van der Waals surface area contributed by atoms with Crippen LogP contribution in [0, 0.1) is 6.92 Å². The van der Waals surface area contributed by atoms with E-state index in [1.165, 1.54) is 4.90 Å². The first-order valence-electron chi connectivity index (χ1n) is 6.90. The van der Waals surface area contributed by atoms with E-state index in [1.807, 2.05) is 31.6 Å². The Bertz CT molecular complexity index is 787. The molecule has 3 heterocycles. The predicted octanol–water partition coefficient (Wildman–Crippen LogP) is 1.21. The maximum Gasteiger partial charge on any atom is 0.281 e. The fourth-order valence-electron chi connectivity index (χ4n) is 2.44. The molecule has 0 aliphatic carbocycles. The summed E-state index contributed by atoms with van der Waals surface area (Å²) in [7, 11) is 1.81. The number of carbonyl (C=O) groups excluding carboxylic acids is 1. The van der Waals surface area contributed by atoms with Crippen molar-refractivity contribution >= 4 is 35.0 Å². The minimum Gasteiger partial charge on any atom is -0.327 e. The van der Waals surface area contributed by atoms with Gasteiger partial charge in [0.05, 0.1) is 17.1 Å². The number of nitrogens with zero attached hydrogens (tertiary/aromatic N) is 5. The summed E-state index contributed by atoms with van der Waals surface area (Å²) in [6.45, 7) is 4.57. The van der Waals surface area contributed by atoms with Crippen molar-refractivity contribution in [1.29, 1.82) is 0 Å². The van der Waals surface area contributed by atoms with Gasteiger partial charge in [0.1, 0.15) is 5.70 Å². The lowest BCUT2D eigenvalue weighted by molar-refractivity contribution is -0.113. The maximum absolute atomic E-state index is 12.6. The Hall–Kier alpha value is -2.48. The van der Waals surface area contributed by atoms with Crippen molar-refractivity contribution in [2.24, 2.45) is 7.05 Å². The van der Waals surface area contributed by atoms with E-state index in [-0.39, 0.29) is 5.91 Å². The molecule has 1 saturated heterocycles. The van der Waals surface area contributed by atoms with Gasteiger partial charge in [0.15, 0.2) is 5.11 Å². The Morgan fingerprint density at radius 2 is 2.23 bits per heavy atom. The first kappa shape index (κ1) is 14.5. The van der Waals surface area contributed by atoms with Crippen molar-refractivity contribution in [1.82, 2.24) is 24.9 Å². The van der Waals surface area contributed by atoms with Crippen molar-refractivity contribution in [3.63, 3.8) is 0 Å². The summed E-state index contributed by atoms with van der Waals surface area (Å²) in [5.74, 6) is -0.190. The van der Waals surface area contributed by atoms with Crippen LogP contribution in [0.15, 0.2) is 24.2 Å². The second-order valence-electron chi connectivity index (χ2n) is 4.97. The van der Waals surface area contributed by atoms with E-state index >= 15 is 0 Å². The Morgan fingerprint density at radius 3 is 2.86 bits per heavy atom. The number of hydrogen-bond acceptors (Lipinski definition) is 4. The molecule has 1 aliphatic rings. The molecule has 22 heavy (non-hydrogen) atoms. The van der Waals surface area contributed by atoms with E-state index in [9.17, 15) is 4.79 Å². The molecule has 0 bridgehead atoms. The summed E-state index contributed by atoms with van der Waals surface area (Å²) in [6, 6.07) is 1.85. The standard InChI is InChI=1S/C14H16N6OS/c1-4-19-10(5-6-15-19)7-11-13(21)20(14(22)16-11)12-8-18(3)17-9(12)2/h5-8H,4H2,1-3H3,(H,16,22)/b11-7+. The average Bonchev–Trinajstić information content (AvgIpc) is 3.11. The van der Waals surface area contributed by atoms with Crippen LogP contribution >= 0.6 is 12.2 Å². The van der Waals surface area contributed by atoms with Crippen LogP contribution in [0.4, 0.5) is 5.69 Å². The average molecular weight is 316 g/mol. The summed E-state index contributed by atoms with van der Waals surface area (Å²) in [6.07, 6.45) is 5.24. The van der Waals surface area contributed by atoms with Crippen molar-refractivity contribution in [3.05, 3.63) is 35.5 Å². The second-order valence-corrected chi connectivity index (χ2v) is 5.36. The van der Waals surface area contributed by atoms with Gasteiger partial charge in [-0.3, -0.25) is 14.2 Å². The van der Waals surface area contributed by atoms with Gasteiger partial charge >= 0.3 is 0 Å². The minimum absolute atomic E-state index is 0.190. The number of aryl methyl sites for hydroxylation is 3. The molecule has 0 saturated carbocycles. The number of amides is 1. The van der Waals surface area contributed by atoms with Crippen LogP contribution in [-0.4, -0.2) is 30.6 Å². The smallest absolute Gasteiger partial charge is 0.281 e. The third-order valence-electron chi connectivity index (χ3n) is 3.45. The number of anilines is 1. The zero-order chi connectivity index (χ0) is 15.9. The molecule has 0 unspecified atom stereocenters. The zero-order valence-electron chi connectivity index (χ0n) is 12.6. The third-order valence-corrected chi connectivity index (χ3v) is 3.73. The fourth-order valence-corrected chi connectivity index (χ4v) is 2.73. The lowest BCUT2D eigenvalue weighted by Gasteiger charge is -2.11. The summed E-state index contributed by atoms with van der Waals surface area (Å²) >= 11 is 5.30. The van der Waals surface area contributed by atoms with Crippen molar-refractivity contribution < 1.29 is 4.79 Å². The van der Waals surface area contributed by atoms with Crippen LogP contribution in [-0.2, 0) is 18.4 Å². The van der Waals surface area contributed by atoms with Gasteiger partial charge in [-0.05, 0) is 38.2 Å². The highest BCUT2D eigenvalue weighted by atomic mass is 32.1. The largest absolute Gasteiger partial charge is 0.327 e. The number of thiocarbonyl (C=S) groups is 1. The van der Waals surface area contributed by atoms with Gasteiger partial charge in [-0.1, -0.05) is 0 Å². The van der Waals surface area contributed by atoms with Gasteiger partial charge in [-0.2, -0.15) is 10.2 Å². The fraction of sp³-hybridized carbons (Fsp3) is 0.286. The van der Waals surface area contributed by atoms with Crippen molar-refractivity contribution in [2.75, 3.05) is 4.90 Å². The van der Waals surface area contributed by atoms with Crippen LogP contribution < -0.4 is 10.2 Å². The number of rotatable bonds is 3. The zero-order valence-corrected chi connectivity index (χ0v) is 13.4. The lowest BCUT2D eigenvalue weighted by Crippen LogP contribution is -2.30. The van der Waals surface area contributed by atoms with Crippen LogP contribution in [0.5, 0.6) is 0 Å². The van der Waals surface area contributed by atoms with Gasteiger partial charge in [-0.25, -0.2) is 4.90 Å². The molecule has 0 spiro atoms. The van der Waals surface area contributed by atoms with Gasteiger partial charge in [0.2, 0.25) is 0 Å². The maximum atomic E-state index is 12.6. The number of carbonyl (C=O) groups is 1. The topological polar surface area (TPSA) is 68.0 Å². The highest BCUT2D eigenvalue weighted by Crippen LogP contribution is 2.24. The second kappa shape index (κ2) is 5.38. The Kier molecular flexibility index (Phi) is 3.53. The monoisotopic (exact) mass is 316 g/mol. The van der Waals surface area contributed by atoms with Crippen molar-refractivity contribution in [2.45, 2.75) is 20.4 Å². The van der Waals surface area contributed by atoms with Gasteiger partial charge in [0, 0.05) is 26.0 Å². The highest BCUT2D eigenvalue weighted by Gasteiger charge is 2.34. The molecular weight excluding hydrogens is 300 g/mol. The molecule has 3 rings (SSSR count). The Balaban J connectivity index is 1.97. The lowest BCUT2D eigenvalue weighted by atomic mass is 10.3. The number of aromatic nitrogens is 4. The predicted molar refractivity (Wildman–Crippen MR) is 87.0 cm³/mol. The van der Waals surface area contributed by atoms with E-state index < -0.39 is 0 Å². The number of hydrogen-bond donors (Lipinski definition) is 1. The summed E-state index contributed by atoms with van der Waals surface area (Å²) in [5.41, 5.74) is 2.73. The molecule has 2 aromatic heterocycles. The molecule has 114 valence electrons. The number of nitrogens with one attached hydrogen (secondary N) is 1. The molecule has 7 nitrogen and oxygen atoms in total. The minimum atomic E-state index is -0.190. The first-order valence-corrected chi connectivity index (χ1v) is 7.31. The van der Waals surface area contributed by atoms with Gasteiger partial charge in [-0.15, -0.1) is 0 Å². The molecule has 8 heteroatoms. The van der Waals surface area contributed by atoms with Crippen LogP contribution in [0.1, 0.15) is 18.3 Å². The molecule has 0 aromatic carbocycles. The van der Waals surface area contributed by atoms with Crippen molar-refractivity contribution in [3.8, 4) is 0 Å². The molecule has 2 aromatic rings. The summed E-state index contributed by atoms with van der Waals surface area (Å²) in [5, 5.41) is 11.8. The highest BCUT2D eigenvalue weighted by molar-refractivity contribution is 7.80. The van der Waals surface area contributed by atoms with E-state index in [0.29, 0.717) is 16.5 Å². The third kappa shape index (κ3) is 2.31. The molecule has 0 radical (unpaired) electrons. The molecular formula is C14H16N6OS. The molecule has 1 aliphatic heterocycles. The van der Waals surface area contributed by atoms with Crippen LogP contribution in [0.3, 0.4) is 0 Å².